The molecule has 1 fully saturated rings. The van der Waals surface area contributed by atoms with Gasteiger partial charge >= 0.3 is 0 Å². The van der Waals surface area contributed by atoms with E-state index in [1.165, 1.54) is 22.9 Å². The average molecular weight is 381 g/mol. The van der Waals surface area contributed by atoms with Gasteiger partial charge in [0.25, 0.3) is 5.56 Å². The highest BCUT2D eigenvalue weighted by atomic mass is 19.1. The third-order valence-corrected chi connectivity index (χ3v) is 5.01. The summed E-state index contributed by atoms with van der Waals surface area (Å²) in [7, 11) is 0. The molecule has 0 saturated carbocycles. The minimum Gasteiger partial charge on any atom is -0.463 e. The summed E-state index contributed by atoms with van der Waals surface area (Å²) in [6.45, 7) is 1.08. The molecule has 0 spiro atoms. The van der Waals surface area contributed by atoms with Crippen molar-refractivity contribution in [3.8, 4) is 11.5 Å². The highest BCUT2D eigenvalue weighted by Gasteiger charge is 2.25. The maximum absolute atomic E-state index is 13.3. The Morgan fingerprint density at radius 1 is 1.14 bits per heavy atom. The van der Waals surface area contributed by atoms with E-state index in [4.69, 9.17) is 4.42 Å². The number of furan rings is 1. The molecule has 0 radical (unpaired) electrons. The predicted molar refractivity (Wildman–Crippen MR) is 101 cm³/mol. The van der Waals surface area contributed by atoms with Crippen LogP contribution in [0.15, 0.2) is 64.0 Å². The minimum absolute atomic E-state index is 0.0336. The summed E-state index contributed by atoms with van der Waals surface area (Å²) < 4.78 is 20.2. The minimum atomic E-state index is -0.342. The number of hydrogen-bond donors (Lipinski definition) is 0. The Kier molecular flexibility index (Phi) is 5.06. The Labute approximate surface area is 161 Å². The van der Waals surface area contributed by atoms with Gasteiger partial charge in [0.1, 0.15) is 11.5 Å². The van der Waals surface area contributed by atoms with E-state index >= 15 is 0 Å². The first kappa shape index (κ1) is 18.2. The van der Waals surface area contributed by atoms with E-state index in [1.54, 1.807) is 41.5 Å². The number of hydrogen-bond acceptors (Lipinski definition) is 4. The summed E-state index contributed by atoms with van der Waals surface area (Å²) >= 11 is 0. The molecule has 7 heteroatoms. The highest BCUT2D eigenvalue weighted by Crippen LogP contribution is 2.23. The lowest BCUT2D eigenvalue weighted by Gasteiger charge is -2.32. The molecule has 4 rings (SSSR count). The van der Waals surface area contributed by atoms with Crippen molar-refractivity contribution in [2.24, 2.45) is 0 Å². The van der Waals surface area contributed by atoms with Crippen LogP contribution in [0.3, 0.4) is 0 Å². The van der Waals surface area contributed by atoms with Crippen LogP contribution in [0.5, 0.6) is 0 Å². The van der Waals surface area contributed by atoms with Crippen LogP contribution in [-0.2, 0) is 11.2 Å². The van der Waals surface area contributed by atoms with E-state index in [1.807, 2.05) is 0 Å². The molecule has 2 aromatic heterocycles. The van der Waals surface area contributed by atoms with Gasteiger partial charge in [-0.25, -0.2) is 9.07 Å². The zero-order valence-electron chi connectivity index (χ0n) is 15.3. The van der Waals surface area contributed by atoms with Crippen molar-refractivity contribution in [3.05, 3.63) is 76.5 Å². The summed E-state index contributed by atoms with van der Waals surface area (Å²) in [4.78, 5) is 26.6. The molecule has 3 aromatic rings. The van der Waals surface area contributed by atoms with Gasteiger partial charge in [-0.2, -0.15) is 5.10 Å². The molecule has 0 bridgehead atoms. The molecule has 3 heterocycles. The van der Waals surface area contributed by atoms with Gasteiger partial charge in [0, 0.05) is 19.2 Å². The molecular formula is C21H20FN3O3. The summed E-state index contributed by atoms with van der Waals surface area (Å²) in [6, 6.07) is 12.7. The Balaban J connectivity index is 1.42. The van der Waals surface area contributed by atoms with E-state index in [-0.39, 0.29) is 29.7 Å². The average Bonchev–Trinajstić information content (AvgIpc) is 3.23. The zero-order valence-corrected chi connectivity index (χ0v) is 15.3. The molecule has 0 aliphatic carbocycles. The Hall–Kier alpha value is -3.22. The van der Waals surface area contributed by atoms with Crippen molar-refractivity contribution in [3.63, 3.8) is 0 Å². The second-order valence-electron chi connectivity index (χ2n) is 6.90. The number of nitrogens with zero attached hydrogens (tertiary/aromatic N) is 3. The van der Waals surface area contributed by atoms with Crippen LogP contribution in [0.25, 0.3) is 11.5 Å². The fraction of sp³-hybridized carbons (Fsp3) is 0.286. The monoisotopic (exact) mass is 381 g/mol. The maximum Gasteiger partial charge on any atom is 0.267 e. The molecule has 28 heavy (non-hydrogen) atoms. The molecule has 1 aliphatic heterocycles. The largest absolute Gasteiger partial charge is 0.463 e. The summed E-state index contributed by atoms with van der Waals surface area (Å²) in [6.07, 6.45) is 3.02. The fourth-order valence-corrected chi connectivity index (χ4v) is 3.54. The molecule has 1 amide bonds. The van der Waals surface area contributed by atoms with Gasteiger partial charge in [0.05, 0.1) is 18.7 Å². The van der Waals surface area contributed by atoms with Gasteiger partial charge in [0.2, 0.25) is 5.91 Å². The molecule has 0 atom stereocenters. The molecule has 1 aromatic carbocycles. The molecule has 0 N–H and O–H groups in total. The van der Waals surface area contributed by atoms with Gasteiger partial charge in [0.15, 0.2) is 5.76 Å². The molecule has 6 nitrogen and oxygen atoms in total. The lowest BCUT2D eigenvalue weighted by molar-refractivity contribution is -0.131. The molecular weight excluding hydrogens is 361 g/mol. The van der Waals surface area contributed by atoms with E-state index in [0.717, 1.165) is 0 Å². The second-order valence-corrected chi connectivity index (χ2v) is 6.90. The number of carbonyl (C=O) groups is 1. The van der Waals surface area contributed by atoms with Gasteiger partial charge in [-0.05, 0) is 48.7 Å². The van der Waals surface area contributed by atoms with Crippen molar-refractivity contribution >= 4 is 5.91 Å². The number of aromatic nitrogens is 2. The van der Waals surface area contributed by atoms with Crippen LogP contribution in [0.1, 0.15) is 24.4 Å². The van der Waals surface area contributed by atoms with Crippen LogP contribution >= 0.6 is 0 Å². The summed E-state index contributed by atoms with van der Waals surface area (Å²) in [5, 5.41) is 4.45. The van der Waals surface area contributed by atoms with Crippen molar-refractivity contribution in [2.45, 2.75) is 25.3 Å². The van der Waals surface area contributed by atoms with Gasteiger partial charge in [-0.15, -0.1) is 0 Å². The second kappa shape index (κ2) is 7.80. The van der Waals surface area contributed by atoms with E-state index in [9.17, 15) is 14.0 Å². The molecule has 1 aliphatic rings. The van der Waals surface area contributed by atoms with Gasteiger partial charge in [-0.1, -0.05) is 12.1 Å². The van der Waals surface area contributed by atoms with Crippen LogP contribution in [0, 0.1) is 5.82 Å². The topological polar surface area (TPSA) is 68.3 Å². The Morgan fingerprint density at radius 3 is 2.68 bits per heavy atom. The molecule has 0 unspecified atom stereocenters. The zero-order chi connectivity index (χ0) is 19.5. The number of halogens is 1. The normalized spacial score (nSPS) is 15.0. The van der Waals surface area contributed by atoms with Crippen LogP contribution < -0.4 is 5.56 Å². The number of likely N-dealkylation sites (tertiary alicyclic amines) is 1. The van der Waals surface area contributed by atoms with Crippen molar-refractivity contribution < 1.29 is 13.6 Å². The molecule has 1 saturated heterocycles. The van der Waals surface area contributed by atoms with E-state index in [0.29, 0.717) is 42.9 Å². The number of carbonyl (C=O) groups excluding carboxylic acids is 1. The lowest BCUT2D eigenvalue weighted by Crippen LogP contribution is -2.42. The van der Waals surface area contributed by atoms with Gasteiger partial charge < -0.3 is 9.32 Å². The lowest BCUT2D eigenvalue weighted by atomic mass is 10.0. The highest BCUT2D eigenvalue weighted by molar-refractivity contribution is 5.78. The fourth-order valence-electron chi connectivity index (χ4n) is 3.54. The summed E-state index contributed by atoms with van der Waals surface area (Å²) in [5.41, 5.74) is 1.10. The summed E-state index contributed by atoms with van der Waals surface area (Å²) in [5.74, 6) is 0.232. The Bertz CT molecular complexity index is 1020. The predicted octanol–water partition coefficient (Wildman–Crippen LogP) is 3.05. The van der Waals surface area contributed by atoms with Crippen molar-refractivity contribution in [1.29, 1.82) is 0 Å². The van der Waals surface area contributed by atoms with E-state index < -0.39 is 0 Å². The number of rotatable bonds is 4. The first-order chi connectivity index (χ1) is 13.6. The van der Waals surface area contributed by atoms with Crippen LogP contribution in [-0.4, -0.2) is 33.7 Å². The smallest absolute Gasteiger partial charge is 0.267 e. The third-order valence-electron chi connectivity index (χ3n) is 5.01. The molecule has 144 valence electrons. The number of benzene rings is 1. The number of amides is 1. The first-order valence-electron chi connectivity index (χ1n) is 9.26. The third kappa shape index (κ3) is 3.88. The van der Waals surface area contributed by atoms with Crippen molar-refractivity contribution in [2.75, 3.05) is 13.1 Å². The number of piperidine rings is 1. The van der Waals surface area contributed by atoms with Crippen molar-refractivity contribution in [1.82, 2.24) is 14.7 Å². The standard InChI is InChI=1S/C21H20FN3O3/c22-16-4-1-3-15(13-16)14-21(27)24-10-8-17(9-11-24)25-20(26)7-6-18(23-25)19-5-2-12-28-19/h1-7,12-13,17H,8-11,14H2. The van der Waals surface area contributed by atoms with E-state index in [2.05, 4.69) is 5.10 Å². The Morgan fingerprint density at radius 2 is 1.96 bits per heavy atom. The maximum atomic E-state index is 13.3. The quantitative estimate of drug-likeness (QED) is 0.697. The van der Waals surface area contributed by atoms with Gasteiger partial charge in [-0.3, -0.25) is 9.59 Å². The van der Waals surface area contributed by atoms with Crippen LogP contribution in [0.2, 0.25) is 0 Å². The van der Waals surface area contributed by atoms with Crippen LogP contribution in [0.4, 0.5) is 4.39 Å². The SMILES string of the molecule is O=C(Cc1cccc(F)c1)N1CCC(n2nc(-c3ccco3)ccc2=O)CC1. The first-order valence-corrected chi connectivity index (χ1v) is 9.26.